The fourth-order valence-corrected chi connectivity index (χ4v) is 2.15. The monoisotopic (exact) mass is 224 g/mol. The van der Waals surface area contributed by atoms with Gasteiger partial charge >= 0.3 is 0 Å². The first-order valence-corrected chi connectivity index (χ1v) is 5.67. The van der Waals surface area contributed by atoms with E-state index in [0.29, 0.717) is 18.6 Å². The maximum Gasteiger partial charge on any atom is 0.126 e. The molecular formula is C13H17FO2. The molecule has 0 spiro atoms. The Morgan fingerprint density at radius 1 is 1.50 bits per heavy atom. The number of benzene rings is 1. The number of aliphatic hydroxyl groups is 1. The second-order valence-electron chi connectivity index (χ2n) is 4.58. The Morgan fingerprint density at radius 2 is 2.25 bits per heavy atom. The minimum absolute atomic E-state index is 0.261. The highest BCUT2D eigenvalue weighted by Crippen LogP contribution is 2.30. The fraction of sp³-hybridized carbons (Fsp3) is 0.538. The molecule has 0 saturated carbocycles. The Hall–Kier alpha value is -0.930. The van der Waals surface area contributed by atoms with Crippen molar-refractivity contribution in [2.75, 3.05) is 6.61 Å². The predicted octanol–water partition coefficient (Wildman–Crippen LogP) is 2.30. The van der Waals surface area contributed by atoms with Crippen LogP contribution >= 0.6 is 0 Å². The second-order valence-corrected chi connectivity index (χ2v) is 4.58. The van der Waals surface area contributed by atoms with Crippen molar-refractivity contribution in [3.63, 3.8) is 0 Å². The van der Waals surface area contributed by atoms with E-state index < -0.39 is 11.7 Å². The molecule has 1 heterocycles. The van der Waals surface area contributed by atoms with Gasteiger partial charge in [-0.15, -0.1) is 0 Å². The quantitative estimate of drug-likeness (QED) is 0.853. The van der Waals surface area contributed by atoms with E-state index in [1.165, 1.54) is 6.07 Å². The molecule has 0 radical (unpaired) electrons. The van der Waals surface area contributed by atoms with Gasteiger partial charge in [0.15, 0.2) is 0 Å². The van der Waals surface area contributed by atoms with Gasteiger partial charge in [-0.25, -0.2) is 4.39 Å². The van der Waals surface area contributed by atoms with Gasteiger partial charge in [-0.05, 0) is 31.4 Å². The first-order chi connectivity index (χ1) is 7.62. The van der Waals surface area contributed by atoms with Gasteiger partial charge in [-0.2, -0.15) is 0 Å². The van der Waals surface area contributed by atoms with E-state index in [0.717, 1.165) is 12.8 Å². The third-order valence-electron chi connectivity index (χ3n) is 3.33. The summed E-state index contributed by atoms with van der Waals surface area (Å²) < 4.78 is 19.0. The first-order valence-electron chi connectivity index (χ1n) is 5.67. The van der Waals surface area contributed by atoms with Crippen LogP contribution in [0, 0.1) is 5.82 Å². The number of halogens is 1. The molecule has 2 atom stereocenters. The largest absolute Gasteiger partial charge is 0.390 e. The number of hydrogen-bond donors (Lipinski definition) is 1. The number of rotatable bonds is 3. The Bertz CT molecular complexity index is 359. The summed E-state index contributed by atoms with van der Waals surface area (Å²) in [7, 11) is 0. The lowest BCUT2D eigenvalue weighted by Gasteiger charge is -2.29. The lowest BCUT2D eigenvalue weighted by Crippen LogP contribution is -2.40. The maximum absolute atomic E-state index is 13.4. The lowest BCUT2D eigenvalue weighted by atomic mass is 9.91. The van der Waals surface area contributed by atoms with E-state index in [1.54, 1.807) is 18.2 Å². The minimum Gasteiger partial charge on any atom is -0.390 e. The maximum atomic E-state index is 13.4. The van der Waals surface area contributed by atoms with Gasteiger partial charge in [0.05, 0.1) is 11.7 Å². The van der Waals surface area contributed by atoms with Crippen molar-refractivity contribution in [3.05, 3.63) is 35.6 Å². The highest BCUT2D eigenvalue weighted by Gasteiger charge is 2.37. The molecule has 16 heavy (non-hydrogen) atoms. The van der Waals surface area contributed by atoms with Crippen LogP contribution in [0.1, 0.15) is 25.3 Å². The second kappa shape index (κ2) is 4.52. The highest BCUT2D eigenvalue weighted by molar-refractivity contribution is 5.18. The molecule has 2 nitrogen and oxygen atoms in total. The molecule has 1 aliphatic heterocycles. The van der Waals surface area contributed by atoms with Gasteiger partial charge in [-0.3, -0.25) is 0 Å². The van der Waals surface area contributed by atoms with Crippen molar-refractivity contribution in [2.24, 2.45) is 0 Å². The van der Waals surface area contributed by atoms with Gasteiger partial charge in [0.25, 0.3) is 0 Å². The van der Waals surface area contributed by atoms with Crippen LogP contribution in [0.25, 0.3) is 0 Å². The van der Waals surface area contributed by atoms with Gasteiger partial charge in [-0.1, -0.05) is 18.2 Å². The van der Waals surface area contributed by atoms with Crippen molar-refractivity contribution >= 4 is 0 Å². The summed E-state index contributed by atoms with van der Waals surface area (Å²) in [4.78, 5) is 0. The molecule has 88 valence electrons. The molecule has 2 unspecified atom stereocenters. The van der Waals surface area contributed by atoms with Gasteiger partial charge in [0, 0.05) is 13.0 Å². The van der Waals surface area contributed by atoms with Gasteiger partial charge in [0.2, 0.25) is 0 Å². The molecule has 3 heteroatoms. The Balaban J connectivity index is 2.07. The summed E-state index contributed by atoms with van der Waals surface area (Å²) >= 11 is 0. The SMILES string of the molecule is CC1(C(O)Cc2ccccc2F)CCCO1. The normalized spacial score (nSPS) is 26.9. The molecule has 1 saturated heterocycles. The summed E-state index contributed by atoms with van der Waals surface area (Å²) in [6.45, 7) is 2.58. The van der Waals surface area contributed by atoms with Crippen molar-refractivity contribution in [3.8, 4) is 0 Å². The summed E-state index contributed by atoms with van der Waals surface area (Å²) in [5.74, 6) is -0.261. The minimum atomic E-state index is -0.646. The number of hydrogen-bond acceptors (Lipinski definition) is 2. The third-order valence-corrected chi connectivity index (χ3v) is 3.33. The molecule has 1 aromatic carbocycles. The zero-order chi connectivity index (χ0) is 11.6. The van der Waals surface area contributed by atoms with E-state index >= 15 is 0 Å². The molecule has 0 aromatic heterocycles. The van der Waals surface area contributed by atoms with E-state index in [-0.39, 0.29) is 5.82 Å². The van der Waals surface area contributed by atoms with E-state index in [9.17, 15) is 9.50 Å². The Morgan fingerprint density at radius 3 is 2.88 bits per heavy atom. The number of aliphatic hydroxyl groups excluding tert-OH is 1. The van der Waals surface area contributed by atoms with Crippen molar-refractivity contribution < 1.29 is 14.2 Å². The van der Waals surface area contributed by atoms with Crippen LogP contribution in [-0.2, 0) is 11.2 Å². The molecular weight excluding hydrogens is 207 g/mol. The van der Waals surface area contributed by atoms with Gasteiger partial charge in [0.1, 0.15) is 5.82 Å². The summed E-state index contributed by atoms with van der Waals surface area (Å²) in [6, 6.07) is 6.55. The van der Waals surface area contributed by atoms with Gasteiger partial charge < -0.3 is 9.84 Å². The molecule has 0 aliphatic carbocycles. The van der Waals surface area contributed by atoms with E-state index in [4.69, 9.17) is 4.74 Å². The molecule has 0 amide bonds. The molecule has 1 N–H and O–H groups in total. The van der Waals surface area contributed by atoms with Crippen molar-refractivity contribution in [2.45, 2.75) is 37.9 Å². The van der Waals surface area contributed by atoms with Crippen LogP contribution < -0.4 is 0 Å². The highest BCUT2D eigenvalue weighted by atomic mass is 19.1. The van der Waals surface area contributed by atoms with E-state index in [2.05, 4.69) is 0 Å². The summed E-state index contributed by atoms with van der Waals surface area (Å²) in [5.41, 5.74) is 0.0363. The van der Waals surface area contributed by atoms with Crippen molar-refractivity contribution in [1.29, 1.82) is 0 Å². The van der Waals surface area contributed by atoms with Crippen LogP contribution in [0.5, 0.6) is 0 Å². The average Bonchev–Trinajstić information content (AvgIpc) is 2.70. The molecule has 1 aromatic rings. The Labute approximate surface area is 95.1 Å². The van der Waals surface area contributed by atoms with Crippen LogP contribution in [0.3, 0.4) is 0 Å². The molecule has 2 rings (SSSR count). The Kier molecular flexibility index (Phi) is 3.26. The smallest absolute Gasteiger partial charge is 0.126 e. The molecule has 1 aliphatic rings. The molecule has 1 fully saturated rings. The van der Waals surface area contributed by atoms with Crippen molar-refractivity contribution in [1.82, 2.24) is 0 Å². The van der Waals surface area contributed by atoms with Crippen LogP contribution in [0.15, 0.2) is 24.3 Å². The lowest BCUT2D eigenvalue weighted by molar-refractivity contribution is -0.0770. The predicted molar refractivity (Wildman–Crippen MR) is 59.7 cm³/mol. The average molecular weight is 224 g/mol. The third kappa shape index (κ3) is 2.25. The molecule has 0 bridgehead atoms. The summed E-state index contributed by atoms with van der Waals surface area (Å²) in [6.07, 6.45) is 1.46. The van der Waals surface area contributed by atoms with Crippen LogP contribution in [0.2, 0.25) is 0 Å². The first kappa shape index (κ1) is 11.6. The zero-order valence-corrected chi connectivity index (χ0v) is 9.45. The standard InChI is InChI=1S/C13H17FO2/c1-13(7-4-8-16-13)12(15)9-10-5-2-3-6-11(10)14/h2-3,5-6,12,15H,4,7-9H2,1H3. The fourth-order valence-electron chi connectivity index (χ4n) is 2.15. The van der Waals surface area contributed by atoms with E-state index in [1.807, 2.05) is 6.92 Å². The van der Waals surface area contributed by atoms with Crippen LogP contribution in [-0.4, -0.2) is 23.4 Å². The topological polar surface area (TPSA) is 29.5 Å². The summed E-state index contributed by atoms with van der Waals surface area (Å²) in [5, 5.41) is 10.1. The number of ether oxygens (including phenoxy) is 1. The van der Waals surface area contributed by atoms with Crippen LogP contribution in [0.4, 0.5) is 4.39 Å². The zero-order valence-electron chi connectivity index (χ0n) is 9.45.